The van der Waals surface area contributed by atoms with Crippen molar-refractivity contribution in [2.45, 2.75) is 50.4 Å². The maximum Gasteiger partial charge on any atom is 0.326 e. The van der Waals surface area contributed by atoms with E-state index in [9.17, 15) is 33.9 Å². The van der Waals surface area contributed by atoms with E-state index in [0.717, 1.165) is 0 Å². The summed E-state index contributed by atoms with van der Waals surface area (Å²) >= 11 is 0. The first-order valence-corrected chi connectivity index (χ1v) is 9.77. The molecule has 0 aromatic heterocycles. The average Bonchev–Trinajstić information content (AvgIpc) is 2.72. The molecule has 0 aliphatic carbocycles. The summed E-state index contributed by atoms with van der Waals surface area (Å²) in [6, 6.07) is 2.44. The summed E-state index contributed by atoms with van der Waals surface area (Å²) in [6.45, 7) is 1.30. The second-order valence-corrected chi connectivity index (χ2v) is 7.20. The highest BCUT2D eigenvalue weighted by atomic mass is 16.4. The Morgan fingerprint density at radius 3 is 1.58 bits per heavy atom. The molecule has 8 N–H and O–H groups in total. The summed E-state index contributed by atoms with van der Waals surface area (Å²) in [4.78, 5) is 70.8. The van der Waals surface area contributed by atoms with Gasteiger partial charge in [-0.3, -0.25) is 24.0 Å². The Kier molecular flexibility index (Phi) is 10.5. The van der Waals surface area contributed by atoms with Gasteiger partial charge in [-0.15, -0.1) is 0 Å². The number of nitrogens with two attached hydrogens (primary N) is 1. The molecule has 0 spiro atoms. The first-order chi connectivity index (χ1) is 15.4. The quantitative estimate of drug-likeness (QED) is 0.170. The third kappa shape index (κ3) is 9.78. The normalized spacial score (nSPS) is 14.1. The highest BCUT2D eigenvalue weighted by Crippen LogP contribution is 2.05. The fourth-order valence-corrected chi connectivity index (χ4v) is 2.67. The van der Waals surface area contributed by atoms with Crippen LogP contribution in [-0.2, 0) is 35.2 Å². The van der Waals surface area contributed by atoms with E-state index in [0.29, 0.717) is 5.56 Å². The van der Waals surface area contributed by atoms with Crippen LogP contribution < -0.4 is 21.7 Å². The number of rotatable bonds is 13. The highest BCUT2D eigenvalue weighted by molar-refractivity contribution is 5.96. The Balaban J connectivity index is 3.00. The summed E-state index contributed by atoms with van der Waals surface area (Å²) in [5, 5.41) is 33.9. The predicted molar refractivity (Wildman–Crippen MR) is 112 cm³/mol. The summed E-state index contributed by atoms with van der Waals surface area (Å²) in [6.07, 6.45) is -1.89. The lowest BCUT2D eigenvalue weighted by atomic mass is 10.0. The van der Waals surface area contributed by atoms with Crippen molar-refractivity contribution < 1.29 is 44.1 Å². The van der Waals surface area contributed by atoms with Crippen LogP contribution in [0.25, 0.3) is 0 Å². The minimum atomic E-state index is -1.74. The molecule has 3 amide bonds. The van der Waals surface area contributed by atoms with Crippen LogP contribution in [0.5, 0.6) is 0 Å². The molecule has 1 rings (SSSR count). The van der Waals surface area contributed by atoms with Gasteiger partial charge in [0, 0.05) is 6.42 Å². The Hall–Kier alpha value is -4.00. The van der Waals surface area contributed by atoms with Gasteiger partial charge in [-0.25, -0.2) is 4.79 Å². The molecule has 0 bridgehead atoms. The van der Waals surface area contributed by atoms with Gasteiger partial charge in [0.1, 0.15) is 18.1 Å². The number of carboxylic acids is 3. The molecule has 0 saturated carbocycles. The lowest BCUT2D eigenvalue weighted by molar-refractivity contribution is -0.144. The fourth-order valence-electron chi connectivity index (χ4n) is 2.67. The smallest absolute Gasteiger partial charge is 0.326 e. The molecule has 0 saturated heterocycles. The second kappa shape index (κ2) is 12.8. The van der Waals surface area contributed by atoms with Crippen molar-refractivity contribution in [2.24, 2.45) is 5.73 Å². The topological polar surface area (TPSA) is 225 Å². The lowest BCUT2D eigenvalue weighted by Gasteiger charge is -2.23. The van der Waals surface area contributed by atoms with Gasteiger partial charge in [0.15, 0.2) is 0 Å². The Bertz CT molecular complexity index is 889. The molecule has 33 heavy (non-hydrogen) atoms. The summed E-state index contributed by atoms with van der Waals surface area (Å²) in [7, 11) is 0. The molecule has 0 fully saturated rings. The zero-order valence-electron chi connectivity index (χ0n) is 17.7. The average molecular weight is 466 g/mol. The molecule has 4 atom stereocenters. The summed E-state index contributed by atoms with van der Waals surface area (Å²) in [5.41, 5.74) is 5.98. The van der Waals surface area contributed by atoms with Crippen LogP contribution in [0.3, 0.4) is 0 Å². The second-order valence-electron chi connectivity index (χ2n) is 7.20. The van der Waals surface area contributed by atoms with Crippen molar-refractivity contribution in [1.82, 2.24) is 16.0 Å². The van der Waals surface area contributed by atoms with Crippen molar-refractivity contribution in [3.63, 3.8) is 0 Å². The van der Waals surface area contributed by atoms with Crippen molar-refractivity contribution in [1.29, 1.82) is 0 Å². The van der Waals surface area contributed by atoms with Crippen molar-refractivity contribution in [3.8, 4) is 0 Å². The van der Waals surface area contributed by atoms with Crippen LogP contribution in [0.15, 0.2) is 30.3 Å². The van der Waals surface area contributed by atoms with Crippen LogP contribution in [0, 0.1) is 0 Å². The Labute approximate surface area is 188 Å². The van der Waals surface area contributed by atoms with E-state index in [2.05, 4.69) is 16.0 Å². The molecule has 1 aromatic rings. The van der Waals surface area contributed by atoms with Crippen molar-refractivity contribution >= 4 is 35.6 Å². The van der Waals surface area contributed by atoms with E-state index >= 15 is 0 Å². The maximum absolute atomic E-state index is 12.6. The van der Waals surface area contributed by atoms with E-state index in [1.165, 1.54) is 6.92 Å². The van der Waals surface area contributed by atoms with E-state index < -0.39 is 72.6 Å². The number of carbonyl (C=O) groups is 6. The third-order valence-electron chi connectivity index (χ3n) is 4.33. The SMILES string of the molecule is CC(N)C(=O)NC(CC(=O)O)C(=O)NC(CC(=O)O)C(=O)NC(Cc1ccccc1)C(=O)O. The van der Waals surface area contributed by atoms with Crippen LogP contribution in [0.1, 0.15) is 25.3 Å². The molecule has 0 aliphatic heterocycles. The molecule has 4 unspecified atom stereocenters. The monoisotopic (exact) mass is 466 g/mol. The van der Waals surface area contributed by atoms with E-state index in [1.807, 2.05) is 0 Å². The number of carbonyl (C=O) groups excluding carboxylic acids is 3. The van der Waals surface area contributed by atoms with Crippen molar-refractivity contribution in [2.75, 3.05) is 0 Å². The standard InChI is InChI=1S/C20H26N4O9/c1-10(21)17(29)22-12(8-15(25)26)18(30)23-13(9-16(27)28)19(31)24-14(20(32)33)7-11-5-3-2-4-6-11/h2-6,10,12-14H,7-9,21H2,1H3,(H,22,29)(H,23,30)(H,24,31)(H,25,26)(H,27,28)(H,32,33). The molecule has 0 radical (unpaired) electrons. The minimum Gasteiger partial charge on any atom is -0.481 e. The van der Waals surface area contributed by atoms with Gasteiger partial charge in [-0.05, 0) is 12.5 Å². The number of amides is 3. The molecule has 0 heterocycles. The number of benzene rings is 1. The largest absolute Gasteiger partial charge is 0.481 e. The van der Waals surface area contributed by atoms with E-state index in [-0.39, 0.29) is 6.42 Å². The van der Waals surface area contributed by atoms with Gasteiger partial charge < -0.3 is 37.0 Å². The van der Waals surface area contributed by atoms with Crippen LogP contribution >= 0.6 is 0 Å². The molecular formula is C20H26N4O9. The summed E-state index contributed by atoms with van der Waals surface area (Å²) < 4.78 is 0. The number of nitrogens with one attached hydrogen (secondary N) is 3. The van der Waals surface area contributed by atoms with Gasteiger partial charge in [-0.2, -0.15) is 0 Å². The van der Waals surface area contributed by atoms with Gasteiger partial charge in [0.05, 0.1) is 18.9 Å². The number of hydrogen-bond donors (Lipinski definition) is 7. The van der Waals surface area contributed by atoms with Crippen LogP contribution in [0.2, 0.25) is 0 Å². The number of carboxylic acid groups (broad SMARTS) is 3. The van der Waals surface area contributed by atoms with Crippen molar-refractivity contribution in [3.05, 3.63) is 35.9 Å². The van der Waals surface area contributed by atoms with Gasteiger partial charge in [0.2, 0.25) is 17.7 Å². The minimum absolute atomic E-state index is 0.109. The first-order valence-electron chi connectivity index (χ1n) is 9.77. The van der Waals surface area contributed by atoms with Gasteiger partial charge in [-0.1, -0.05) is 30.3 Å². The fraction of sp³-hybridized carbons (Fsp3) is 0.400. The Morgan fingerprint density at radius 2 is 1.18 bits per heavy atom. The first kappa shape index (κ1) is 27.0. The molecule has 180 valence electrons. The third-order valence-corrected chi connectivity index (χ3v) is 4.33. The van der Waals surface area contributed by atoms with Gasteiger partial charge >= 0.3 is 17.9 Å². The highest BCUT2D eigenvalue weighted by Gasteiger charge is 2.32. The maximum atomic E-state index is 12.6. The molecule has 1 aromatic carbocycles. The van der Waals surface area contributed by atoms with Crippen LogP contribution in [0.4, 0.5) is 0 Å². The molecule has 13 heteroatoms. The number of aliphatic carboxylic acids is 3. The predicted octanol–water partition coefficient (Wildman–Crippen LogP) is -1.94. The lowest BCUT2D eigenvalue weighted by Crippen LogP contribution is -2.57. The van der Waals surface area contributed by atoms with E-state index in [4.69, 9.17) is 15.9 Å². The van der Waals surface area contributed by atoms with E-state index in [1.54, 1.807) is 30.3 Å². The van der Waals surface area contributed by atoms with Gasteiger partial charge in [0.25, 0.3) is 0 Å². The molecule has 0 aliphatic rings. The molecule has 13 nitrogen and oxygen atoms in total. The zero-order valence-corrected chi connectivity index (χ0v) is 17.7. The Morgan fingerprint density at radius 1 is 0.758 bits per heavy atom. The zero-order chi connectivity index (χ0) is 25.1. The van der Waals surface area contributed by atoms with Crippen LogP contribution in [-0.4, -0.2) is 75.1 Å². The molecular weight excluding hydrogens is 440 g/mol. The summed E-state index contributed by atoms with van der Waals surface area (Å²) in [5.74, 6) is -7.43. The number of hydrogen-bond acceptors (Lipinski definition) is 7.